The molecule has 0 aromatic heterocycles. The number of benzene rings is 2. The average molecular weight is 352 g/mol. The summed E-state index contributed by atoms with van der Waals surface area (Å²) in [5.41, 5.74) is 2.39. The number of anilines is 1. The molecule has 1 N–H and O–H groups in total. The molecular formula is C21H24N2O3. The van der Waals surface area contributed by atoms with E-state index in [1.54, 1.807) is 17.0 Å². The topological polar surface area (TPSA) is 58.6 Å². The summed E-state index contributed by atoms with van der Waals surface area (Å²) < 4.78 is 5.46. The van der Waals surface area contributed by atoms with Crippen LogP contribution in [0.1, 0.15) is 42.1 Å². The van der Waals surface area contributed by atoms with Gasteiger partial charge in [0.05, 0.1) is 12.2 Å². The fraction of sp³-hybridized carbons (Fsp3) is 0.333. The van der Waals surface area contributed by atoms with E-state index in [1.165, 1.54) is 0 Å². The number of fused-ring (bicyclic) bond motifs is 1. The van der Waals surface area contributed by atoms with Crippen molar-refractivity contribution in [2.45, 2.75) is 32.7 Å². The van der Waals surface area contributed by atoms with Gasteiger partial charge in [0.15, 0.2) is 6.61 Å². The first-order valence-electron chi connectivity index (χ1n) is 9.08. The first-order chi connectivity index (χ1) is 12.7. The van der Waals surface area contributed by atoms with Crippen LogP contribution in [0.25, 0.3) is 0 Å². The van der Waals surface area contributed by atoms with Crippen molar-refractivity contribution in [3.8, 4) is 5.75 Å². The van der Waals surface area contributed by atoms with Gasteiger partial charge in [0, 0.05) is 12.1 Å². The van der Waals surface area contributed by atoms with Crippen molar-refractivity contribution in [1.82, 2.24) is 5.32 Å². The van der Waals surface area contributed by atoms with Crippen LogP contribution in [0.5, 0.6) is 5.75 Å². The van der Waals surface area contributed by atoms with E-state index in [2.05, 4.69) is 12.2 Å². The molecule has 0 unspecified atom stereocenters. The first kappa shape index (κ1) is 18.0. The molecule has 5 nitrogen and oxygen atoms in total. The molecule has 0 saturated carbocycles. The lowest BCUT2D eigenvalue weighted by Gasteiger charge is -2.29. The second-order valence-corrected chi connectivity index (χ2v) is 6.40. The van der Waals surface area contributed by atoms with Crippen LogP contribution in [0.4, 0.5) is 5.69 Å². The number of hydrogen-bond acceptors (Lipinski definition) is 3. The number of nitrogens with zero attached hydrogens (tertiary/aromatic N) is 1. The van der Waals surface area contributed by atoms with Gasteiger partial charge in [-0.2, -0.15) is 0 Å². The molecule has 0 radical (unpaired) electrons. The van der Waals surface area contributed by atoms with Gasteiger partial charge in [0.1, 0.15) is 5.75 Å². The maximum absolute atomic E-state index is 12.2. The molecule has 2 amide bonds. The molecule has 2 aromatic rings. The van der Waals surface area contributed by atoms with Crippen LogP contribution >= 0.6 is 0 Å². The van der Waals surface area contributed by atoms with Gasteiger partial charge in [-0.05, 0) is 36.2 Å². The van der Waals surface area contributed by atoms with Crippen LogP contribution < -0.4 is 15.0 Å². The summed E-state index contributed by atoms with van der Waals surface area (Å²) in [6.45, 7) is 3.35. The van der Waals surface area contributed by atoms with Crippen LogP contribution in [0.15, 0.2) is 48.5 Å². The zero-order chi connectivity index (χ0) is 18.4. The van der Waals surface area contributed by atoms with E-state index in [9.17, 15) is 9.59 Å². The summed E-state index contributed by atoms with van der Waals surface area (Å²) in [6, 6.07) is 14.9. The van der Waals surface area contributed by atoms with E-state index in [-0.39, 0.29) is 18.4 Å². The van der Waals surface area contributed by atoms with Crippen LogP contribution in [0.2, 0.25) is 0 Å². The number of nitrogens with one attached hydrogen (secondary N) is 1. The summed E-state index contributed by atoms with van der Waals surface area (Å²) in [5.74, 6) is 0.595. The molecule has 1 aliphatic heterocycles. The minimum Gasteiger partial charge on any atom is -0.482 e. The molecule has 136 valence electrons. The molecule has 0 spiro atoms. The van der Waals surface area contributed by atoms with E-state index in [1.807, 2.05) is 36.4 Å². The molecule has 0 atom stereocenters. The molecule has 2 aromatic carbocycles. The smallest absolute Gasteiger partial charge is 0.265 e. The highest BCUT2D eigenvalue weighted by Gasteiger charge is 2.25. The lowest BCUT2D eigenvalue weighted by atomic mass is 10.1. The first-order valence-corrected chi connectivity index (χ1v) is 9.08. The molecule has 0 bridgehead atoms. The Kier molecular flexibility index (Phi) is 5.89. The molecule has 0 aliphatic carbocycles. The predicted octanol–water partition coefficient (Wildman–Crippen LogP) is 3.53. The lowest BCUT2D eigenvalue weighted by molar-refractivity contribution is -0.121. The largest absolute Gasteiger partial charge is 0.482 e. The Bertz CT molecular complexity index is 771. The van der Waals surface area contributed by atoms with Crippen LogP contribution in [0, 0.1) is 0 Å². The van der Waals surface area contributed by atoms with Crippen molar-refractivity contribution in [1.29, 1.82) is 0 Å². The number of rotatable bonds is 7. The molecule has 1 aliphatic rings. The maximum Gasteiger partial charge on any atom is 0.265 e. The second kappa shape index (κ2) is 8.52. The third-order valence-corrected chi connectivity index (χ3v) is 4.43. The molecule has 1 heterocycles. The third-order valence-electron chi connectivity index (χ3n) is 4.43. The predicted molar refractivity (Wildman–Crippen MR) is 101 cm³/mol. The standard InChI is InChI=1S/C21H24N2O3/c1-2-3-6-13-22-21(25)17-11-9-16(10-12-17)14-23-18-7-4-5-8-19(18)26-15-20(23)24/h4-5,7-12H,2-3,6,13-15H2,1H3,(H,22,25). The molecule has 0 saturated heterocycles. The minimum absolute atomic E-state index is 0.0509. The van der Waals surface area contributed by atoms with Gasteiger partial charge in [-0.15, -0.1) is 0 Å². The molecule has 26 heavy (non-hydrogen) atoms. The molecular weight excluding hydrogens is 328 g/mol. The van der Waals surface area contributed by atoms with Gasteiger partial charge in [0.25, 0.3) is 11.8 Å². The zero-order valence-corrected chi connectivity index (χ0v) is 15.0. The average Bonchev–Trinajstić information content (AvgIpc) is 2.68. The Hall–Kier alpha value is -2.82. The van der Waals surface area contributed by atoms with Crippen molar-refractivity contribution in [3.63, 3.8) is 0 Å². The van der Waals surface area contributed by atoms with Crippen molar-refractivity contribution in [2.24, 2.45) is 0 Å². The van der Waals surface area contributed by atoms with E-state index >= 15 is 0 Å². The third kappa shape index (κ3) is 4.23. The maximum atomic E-state index is 12.2. The van der Waals surface area contributed by atoms with E-state index in [0.717, 1.165) is 36.3 Å². The van der Waals surface area contributed by atoms with Gasteiger partial charge < -0.3 is 15.0 Å². The summed E-state index contributed by atoms with van der Waals surface area (Å²) in [7, 11) is 0. The normalized spacial score (nSPS) is 13.1. The number of amides is 2. The van der Waals surface area contributed by atoms with Crippen molar-refractivity contribution < 1.29 is 14.3 Å². The van der Waals surface area contributed by atoms with Crippen LogP contribution in [-0.2, 0) is 11.3 Å². The minimum atomic E-state index is -0.0681. The zero-order valence-electron chi connectivity index (χ0n) is 15.0. The van der Waals surface area contributed by atoms with E-state index < -0.39 is 0 Å². The van der Waals surface area contributed by atoms with Crippen molar-refractivity contribution in [2.75, 3.05) is 18.1 Å². The molecule has 5 heteroatoms. The van der Waals surface area contributed by atoms with Gasteiger partial charge in [0.2, 0.25) is 0 Å². The van der Waals surface area contributed by atoms with Crippen molar-refractivity contribution >= 4 is 17.5 Å². The van der Waals surface area contributed by atoms with E-state index in [4.69, 9.17) is 4.74 Å². The lowest BCUT2D eigenvalue weighted by Crippen LogP contribution is -2.38. The highest BCUT2D eigenvalue weighted by atomic mass is 16.5. The Morgan fingerprint density at radius 1 is 1.12 bits per heavy atom. The van der Waals surface area contributed by atoms with Crippen LogP contribution in [0.3, 0.4) is 0 Å². The summed E-state index contributed by atoms with van der Waals surface area (Å²) >= 11 is 0. The van der Waals surface area contributed by atoms with Gasteiger partial charge in [-0.1, -0.05) is 44.0 Å². The number of unbranched alkanes of at least 4 members (excludes halogenated alkanes) is 2. The van der Waals surface area contributed by atoms with Gasteiger partial charge in [-0.25, -0.2) is 0 Å². The van der Waals surface area contributed by atoms with Crippen LogP contribution in [-0.4, -0.2) is 25.0 Å². The Morgan fingerprint density at radius 3 is 2.65 bits per heavy atom. The Balaban J connectivity index is 1.64. The fourth-order valence-electron chi connectivity index (χ4n) is 2.95. The number of para-hydroxylation sites is 2. The molecule has 3 rings (SSSR count). The monoisotopic (exact) mass is 352 g/mol. The summed E-state index contributed by atoms with van der Waals surface area (Å²) in [5, 5.41) is 2.93. The number of hydrogen-bond donors (Lipinski definition) is 1. The van der Waals surface area contributed by atoms with Gasteiger partial charge >= 0.3 is 0 Å². The second-order valence-electron chi connectivity index (χ2n) is 6.40. The van der Waals surface area contributed by atoms with Crippen molar-refractivity contribution in [3.05, 3.63) is 59.7 Å². The number of carbonyl (C=O) groups excluding carboxylic acids is 2. The Labute approximate surface area is 154 Å². The Morgan fingerprint density at radius 2 is 1.88 bits per heavy atom. The van der Waals surface area contributed by atoms with Gasteiger partial charge in [-0.3, -0.25) is 9.59 Å². The fourth-order valence-corrected chi connectivity index (χ4v) is 2.95. The quantitative estimate of drug-likeness (QED) is 0.776. The highest BCUT2D eigenvalue weighted by Crippen LogP contribution is 2.32. The number of carbonyl (C=O) groups is 2. The summed E-state index contributed by atoms with van der Waals surface area (Å²) in [4.78, 5) is 26.1. The van der Waals surface area contributed by atoms with E-state index in [0.29, 0.717) is 18.7 Å². The summed E-state index contributed by atoms with van der Waals surface area (Å²) in [6.07, 6.45) is 3.25. The highest BCUT2D eigenvalue weighted by molar-refractivity contribution is 5.98. The number of ether oxygens (including phenoxy) is 1. The molecule has 0 fully saturated rings. The SMILES string of the molecule is CCCCCNC(=O)c1ccc(CN2C(=O)COc3ccccc32)cc1.